The zero-order chi connectivity index (χ0) is 18.2. The number of carboxylic acid groups (broad SMARTS) is 1. The molecule has 0 radical (unpaired) electrons. The van der Waals surface area contributed by atoms with Gasteiger partial charge >= 0.3 is 5.97 Å². The average molecular weight is 358 g/mol. The van der Waals surface area contributed by atoms with Crippen LogP contribution in [0.4, 0.5) is 5.69 Å². The molecule has 2 rings (SSSR count). The van der Waals surface area contributed by atoms with Crippen LogP contribution in [0.25, 0.3) is 0 Å². The number of hydrazone groups is 1. The first-order chi connectivity index (χ1) is 12.0. The smallest absolute Gasteiger partial charge is 0.313 e. The van der Waals surface area contributed by atoms with Crippen LogP contribution in [0.15, 0.2) is 47.6 Å². The number of nitrogens with zero attached hydrogens (tertiary/aromatic N) is 1. The average Bonchev–Trinajstić information content (AvgIpc) is 2.59. The SMILES string of the molecule is COc1ccc(/C(C)=N\Nc2cccc(C)c2)cc1CSCC(=O)O. The van der Waals surface area contributed by atoms with E-state index in [1.54, 1.807) is 7.11 Å². The topological polar surface area (TPSA) is 70.9 Å². The quantitative estimate of drug-likeness (QED) is 0.548. The van der Waals surface area contributed by atoms with Crippen LogP contribution in [0.2, 0.25) is 0 Å². The summed E-state index contributed by atoms with van der Waals surface area (Å²) in [6, 6.07) is 13.8. The molecule has 2 aromatic carbocycles. The highest BCUT2D eigenvalue weighted by Gasteiger charge is 2.08. The maximum Gasteiger partial charge on any atom is 0.313 e. The van der Waals surface area contributed by atoms with Gasteiger partial charge in [-0.05, 0) is 55.3 Å². The third-order valence-corrected chi connectivity index (χ3v) is 4.52. The molecule has 0 aliphatic rings. The summed E-state index contributed by atoms with van der Waals surface area (Å²) in [7, 11) is 1.61. The van der Waals surface area contributed by atoms with Gasteiger partial charge in [0, 0.05) is 11.3 Å². The van der Waals surface area contributed by atoms with Crippen LogP contribution in [-0.2, 0) is 10.5 Å². The van der Waals surface area contributed by atoms with Gasteiger partial charge in [-0.1, -0.05) is 12.1 Å². The summed E-state index contributed by atoms with van der Waals surface area (Å²) in [6.45, 7) is 3.96. The van der Waals surface area contributed by atoms with Crippen LogP contribution >= 0.6 is 11.8 Å². The standard InChI is InChI=1S/C19H22N2O3S/c1-13-5-4-6-17(9-13)21-20-14(2)15-7-8-18(24-3)16(10-15)11-25-12-19(22)23/h4-10,21H,11-12H2,1-3H3,(H,22,23)/b20-14-. The Bertz CT molecular complexity index is 775. The first-order valence-corrected chi connectivity index (χ1v) is 8.99. The number of aryl methyl sites for hydroxylation is 1. The van der Waals surface area contributed by atoms with Crippen molar-refractivity contribution < 1.29 is 14.6 Å². The molecule has 0 aliphatic carbocycles. The van der Waals surface area contributed by atoms with Crippen molar-refractivity contribution in [1.29, 1.82) is 0 Å². The minimum Gasteiger partial charge on any atom is -0.496 e. The van der Waals surface area contributed by atoms with Crippen LogP contribution < -0.4 is 10.2 Å². The van der Waals surface area contributed by atoms with E-state index in [1.165, 1.54) is 17.3 Å². The molecule has 0 unspecified atom stereocenters. The third kappa shape index (κ3) is 5.83. The lowest BCUT2D eigenvalue weighted by Gasteiger charge is -2.11. The van der Waals surface area contributed by atoms with E-state index in [-0.39, 0.29) is 5.75 Å². The monoisotopic (exact) mass is 358 g/mol. The van der Waals surface area contributed by atoms with Gasteiger partial charge in [0.05, 0.1) is 24.3 Å². The van der Waals surface area contributed by atoms with Gasteiger partial charge in [-0.2, -0.15) is 5.10 Å². The molecule has 0 spiro atoms. The second-order valence-electron chi connectivity index (χ2n) is 5.59. The molecule has 25 heavy (non-hydrogen) atoms. The number of thioether (sulfide) groups is 1. The number of ether oxygens (including phenoxy) is 1. The molecule has 0 aromatic heterocycles. The highest BCUT2D eigenvalue weighted by Crippen LogP contribution is 2.25. The summed E-state index contributed by atoms with van der Waals surface area (Å²) in [6.07, 6.45) is 0. The molecule has 2 aromatic rings. The van der Waals surface area contributed by atoms with Gasteiger partial charge in [0.2, 0.25) is 0 Å². The molecule has 0 bridgehead atoms. The molecule has 2 N–H and O–H groups in total. The third-order valence-electron chi connectivity index (χ3n) is 3.55. The van der Waals surface area contributed by atoms with Crippen LogP contribution in [0, 0.1) is 6.92 Å². The number of anilines is 1. The van der Waals surface area contributed by atoms with E-state index in [4.69, 9.17) is 9.84 Å². The largest absolute Gasteiger partial charge is 0.496 e. The molecule has 6 heteroatoms. The molecule has 0 fully saturated rings. The molecule has 132 valence electrons. The number of carbonyl (C=O) groups is 1. The van der Waals surface area contributed by atoms with Crippen molar-refractivity contribution in [1.82, 2.24) is 0 Å². The summed E-state index contributed by atoms with van der Waals surface area (Å²) in [4.78, 5) is 10.7. The van der Waals surface area contributed by atoms with Gasteiger partial charge in [-0.15, -0.1) is 11.8 Å². The van der Waals surface area contributed by atoms with Crippen molar-refractivity contribution in [2.45, 2.75) is 19.6 Å². The van der Waals surface area contributed by atoms with Gasteiger partial charge in [-0.25, -0.2) is 0 Å². The van der Waals surface area contributed by atoms with Crippen molar-refractivity contribution in [3.05, 3.63) is 59.2 Å². The normalized spacial score (nSPS) is 11.2. The first kappa shape index (κ1) is 18.9. The summed E-state index contributed by atoms with van der Waals surface area (Å²) in [5, 5.41) is 13.2. The zero-order valence-electron chi connectivity index (χ0n) is 14.6. The fourth-order valence-corrected chi connectivity index (χ4v) is 3.01. The second kappa shape index (κ2) is 9.13. The predicted molar refractivity (Wildman–Crippen MR) is 104 cm³/mol. The van der Waals surface area contributed by atoms with E-state index in [0.29, 0.717) is 5.75 Å². The Balaban J connectivity index is 2.14. The lowest BCUT2D eigenvalue weighted by atomic mass is 10.1. The Hall–Kier alpha value is -2.47. The number of carboxylic acids is 1. The summed E-state index contributed by atoms with van der Waals surface area (Å²) >= 11 is 1.34. The molecule has 0 aliphatic heterocycles. The molecule has 0 saturated heterocycles. The van der Waals surface area contributed by atoms with E-state index in [1.807, 2.05) is 56.3 Å². The lowest BCUT2D eigenvalue weighted by molar-refractivity contribution is -0.133. The Morgan fingerprint density at radius 2 is 2.08 bits per heavy atom. The van der Waals surface area contributed by atoms with Crippen molar-refractivity contribution in [2.24, 2.45) is 5.10 Å². The van der Waals surface area contributed by atoms with Gasteiger partial charge in [-0.3, -0.25) is 10.2 Å². The van der Waals surface area contributed by atoms with Gasteiger partial charge in [0.25, 0.3) is 0 Å². The summed E-state index contributed by atoms with van der Waals surface area (Å²) in [5.74, 6) is 0.568. The summed E-state index contributed by atoms with van der Waals surface area (Å²) < 4.78 is 5.36. The molecule has 0 heterocycles. The zero-order valence-corrected chi connectivity index (χ0v) is 15.4. The number of nitrogens with one attached hydrogen (secondary N) is 1. The van der Waals surface area contributed by atoms with Crippen LogP contribution in [0.1, 0.15) is 23.6 Å². The minimum atomic E-state index is -0.819. The second-order valence-corrected chi connectivity index (χ2v) is 6.58. The van der Waals surface area contributed by atoms with Crippen molar-refractivity contribution in [3.63, 3.8) is 0 Å². The van der Waals surface area contributed by atoms with E-state index in [2.05, 4.69) is 10.5 Å². The molecular formula is C19H22N2O3S. The fourth-order valence-electron chi connectivity index (χ4n) is 2.29. The first-order valence-electron chi connectivity index (χ1n) is 7.83. The fraction of sp³-hybridized carbons (Fsp3) is 0.263. The molecule has 0 atom stereocenters. The number of rotatable bonds is 8. The minimum absolute atomic E-state index is 0.0648. The predicted octanol–water partition coefficient (Wildman–Crippen LogP) is 4.16. The van der Waals surface area contributed by atoms with Crippen LogP contribution in [0.3, 0.4) is 0 Å². The van der Waals surface area contributed by atoms with Gasteiger partial charge in [0.1, 0.15) is 5.75 Å². The Kier molecular flexibility index (Phi) is 6.89. The molecule has 5 nitrogen and oxygen atoms in total. The Morgan fingerprint density at radius 3 is 2.76 bits per heavy atom. The number of hydrogen-bond donors (Lipinski definition) is 2. The van der Waals surface area contributed by atoms with Crippen molar-refractivity contribution in [3.8, 4) is 5.75 Å². The number of aliphatic carboxylic acids is 1. The van der Waals surface area contributed by atoms with Crippen LogP contribution in [0.5, 0.6) is 5.75 Å². The van der Waals surface area contributed by atoms with E-state index in [9.17, 15) is 4.79 Å². The van der Waals surface area contributed by atoms with Gasteiger partial charge < -0.3 is 9.84 Å². The Morgan fingerprint density at radius 1 is 1.28 bits per heavy atom. The molecule has 0 saturated carbocycles. The van der Waals surface area contributed by atoms with E-state index < -0.39 is 5.97 Å². The maximum atomic E-state index is 10.7. The van der Waals surface area contributed by atoms with Crippen molar-refractivity contribution >= 4 is 29.1 Å². The lowest BCUT2D eigenvalue weighted by Crippen LogP contribution is -2.03. The molecular weight excluding hydrogens is 336 g/mol. The summed E-state index contributed by atoms with van der Waals surface area (Å²) in [5.41, 5.74) is 7.93. The maximum absolute atomic E-state index is 10.7. The van der Waals surface area contributed by atoms with Gasteiger partial charge in [0.15, 0.2) is 0 Å². The Labute approximate surface area is 152 Å². The highest BCUT2D eigenvalue weighted by atomic mass is 32.2. The number of benzene rings is 2. The van der Waals surface area contributed by atoms with E-state index >= 15 is 0 Å². The number of methoxy groups -OCH3 is 1. The van der Waals surface area contributed by atoms with Crippen molar-refractivity contribution in [2.75, 3.05) is 18.3 Å². The number of hydrogen-bond acceptors (Lipinski definition) is 5. The van der Waals surface area contributed by atoms with E-state index in [0.717, 1.165) is 28.3 Å². The van der Waals surface area contributed by atoms with Crippen LogP contribution in [-0.4, -0.2) is 29.7 Å². The highest BCUT2D eigenvalue weighted by molar-refractivity contribution is 7.99. The molecule has 0 amide bonds.